The average molecular weight is 160 g/mol. The molecule has 3 N–H and O–H groups in total. The van der Waals surface area contributed by atoms with Gasteiger partial charge in [-0.3, -0.25) is 0 Å². The summed E-state index contributed by atoms with van der Waals surface area (Å²) in [7, 11) is 2.02. The number of hydrogen-bond acceptors (Lipinski definition) is 3. The van der Waals surface area contributed by atoms with Gasteiger partial charge in [-0.15, -0.1) is 0 Å². The number of aliphatic hydroxyl groups excluding tert-OH is 1. The number of nitrogens with zero attached hydrogens (tertiary/aromatic N) is 1. The van der Waals surface area contributed by atoms with Crippen LogP contribution in [-0.4, -0.2) is 42.3 Å². The van der Waals surface area contributed by atoms with Gasteiger partial charge in [-0.2, -0.15) is 0 Å². The lowest BCUT2D eigenvalue weighted by Gasteiger charge is -2.27. The monoisotopic (exact) mass is 160 g/mol. The lowest BCUT2D eigenvalue weighted by molar-refractivity contribution is 0.163. The Morgan fingerprint density at radius 1 is 1.55 bits per heavy atom. The zero-order chi connectivity index (χ0) is 8.91. The van der Waals surface area contributed by atoms with E-state index in [1.165, 1.54) is 0 Å². The molecule has 0 aliphatic carbocycles. The van der Waals surface area contributed by atoms with Gasteiger partial charge in [0.1, 0.15) is 0 Å². The molecule has 0 heterocycles. The molecule has 0 saturated heterocycles. The summed E-state index contributed by atoms with van der Waals surface area (Å²) in [4.78, 5) is 2.14. The van der Waals surface area contributed by atoms with E-state index < -0.39 is 5.54 Å². The van der Waals surface area contributed by atoms with E-state index in [0.717, 1.165) is 19.5 Å². The first-order valence-corrected chi connectivity index (χ1v) is 4.10. The summed E-state index contributed by atoms with van der Waals surface area (Å²) in [5, 5.41) is 8.86. The van der Waals surface area contributed by atoms with Crippen LogP contribution in [0.15, 0.2) is 0 Å². The van der Waals surface area contributed by atoms with Crippen LogP contribution in [0.3, 0.4) is 0 Å². The molecule has 0 aliphatic rings. The van der Waals surface area contributed by atoms with Gasteiger partial charge in [0.2, 0.25) is 0 Å². The van der Waals surface area contributed by atoms with Crippen molar-refractivity contribution in [2.45, 2.75) is 25.8 Å². The minimum Gasteiger partial charge on any atom is -0.394 e. The zero-order valence-electron chi connectivity index (χ0n) is 7.80. The van der Waals surface area contributed by atoms with Crippen LogP contribution >= 0.6 is 0 Å². The molecule has 0 aromatic heterocycles. The minimum atomic E-state index is -0.454. The fourth-order valence-electron chi connectivity index (χ4n) is 1.13. The van der Waals surface area contributed by atoms with Gasteiger partial charge in [0.05, 0.1) is 6.61 Å². The van der Waals surface area contributed by atoms with Crippen molar-refractivity contribution in [3.63, 3.8) is 0 Å². The second-order valence-electron chi connectivity index (χ2n) is 3.55. The summed E-state index contributed by atoms with van der Waals surface area (Å²) in [5.74, 6) is 0. The third-order valence-electron chi connectivity index (χ3n) is 1.60. The van der Waals surface area contributed by atoms with E-state index in [9.17, 15) is 0 Å². The Hall–Kier alpha value is -0.120. The molecule has 0 radical (unpaired) electrons. The van der Waals surface area contributed by atoms with Gasteiger partial charge >= 0.3 is 0 Å². The van der Waals surface area contributed by atoms with Crippen LogP contribution in [0.4, 0.5) is 0 Å². The van der Waals surface area contributed by atoms with Gasteiger partial charge in [-0.05, 0) is 26.9 Å². The number of aliphatic hydroxyl groups is 1. The van der Waals surface area contributed by atoms with E-state index in [1.807, 2.05) is 14.0 Å². The lowest BCUT2D eigenvalue weighted by Crippen LogP contribution is -2.49. The maximum atomic E-state index is 8.86. The van der Waals surface area contributed by atoms with Crippen LogP contribution in [0, 0.1) is 0 Å². The van der Waals surface area contributed by atoms with E-state index in [-0.39, 0.29) is 6.61 Å². The van der Waals surface area contributed by atoms with Crippen molar-refractivity contribution in [2.75, 3.05) is 26.7 Å². The third kappa shape index (κ3) is 5.18. The highest BCUT2D eigenvalue weighted by Gasteiger charge is 2.18. The summed E-state index contributed by atoms with van der Waals surface area (Å²) in [5.41, 5.74) is 5.30. The van der Waals surface area contributed by atoms with Gasteiger partial charge in [0, 0.05) is 12.1 Å². The summed E-state index contributed by atoms with van der Waals surface area (Å²) in [6.45, 7) is 5.81. The second-order valence-corrected chi connectivity index (χ2v) is 3.55. The number of hydrogen-bond donors (Lipinski definition) is 2. The molecular weight excluding hydrogens is 140 g/mol. The topological polar surface area (TPSA) is 49.5 Å². The summed E-state index contributed by atoms with van der Waals surface area (Å²) < 4.78 is 0. The van der Waals surface area contributed by atoms with Crippen LogP contribution in [0.2, 0.25) is 0 Å². The molecular formula is C8H20N2O. The van der Waals surface area contributed by atoms with Crippen molar-refractivity contribution < 1.29 is 5.11 Å². The van der Waals surface area contributed by atoms with Crippen molar-refractivity contribution >= 4 is 0 Å². The van der Waals surface area contributed by atoms with Crippen LogP contribution in [0.5, 0.6) is 0 Å². The first-order valence-electron chi connectivity index (χ1n) is 4.10. The fraction of sp³-hybridized carbons (Fsp3) is 1.00. The first kappa shape index (κ1) is 10.9. The molecule has 68 valence electrons. The van der Waals surface area contributed by atoms with Crippen LogP contribution in [-0.2, 0) is 0 Å². The smallest absolute Gasteiger partial charge is 0.0621 e. The molecule has 0 rings (SSSR count). The highest BCUT2D eigenvalue weighted by atomic mass is 16.3. The predicted molar refractivity (Wildman–Crippen MR) is 47.5 cm³/mol. The standard InChI is InChI=1S/C8H20N2O/c1-4-5-10(3)6-8(2,9)7-11/h11H,4-7,9H2,1-3H3. The quantitative estimate of drug-likeness (QED) is 0.597. The Labute approximate surface area is 69.2 Å². The van der Waals surface area contributed by atoms with Gasteiger partial charge in [0.15, 0.2) is 0 Å². The molecule has 3 heteroatoms. The van der Waals surface area contributed by atoms with Gasteiger partial charge in [-0.25, -0.2) is 0 Å². The lowest BCUT2D eigenvalue weighted by atomic mass is 10.1. The average Bonchev–Trinajstić information content (AvgIpc) is 1.87. The van der Waals surface area contributed by atoms with Crippen molar-refractivity contribution in [1.82, 2.24) is 4.90 Å². The highest BCUT2D eigenvalue weighted by molar-refractivity contribution is 4.80. The maximum absolute atomic E-state index is 8.86. The highest BCUT2D eigenvalue weighted by Crippen LogP contribution is 2.00. The molecule has 3 nitrogen and oxygen atoms in total. The summed E-state index contributed by atoms with van der Waals surface area (Å²) >= 11 is 0. The van der Waals surface area contributed by atoms with Crippen LogP contribution in [0.1, 0.15) is 20.3 Å². The predicted octanol–water partition coefficient (Wildman–Crippen LogP) is 0.0379. The molecule has 0 aliphatic heterocycles. The molecule has 0 aromatic carbocycles. The molecule has 0 saturated carbocycles. The summed E-state index contributed by atoms with van der Waals surface area (Å²) in [6.07, 6.45) is 1.12. The Morgan fingerprint density at radius 3 is 2.45 bits per heavy atom. The number of nitrogens with two attached hydrogens (primary N) is 1. The molecule has 0 amide bonds. The zero-order valence-corrected chi connectivity index (χ0v) is 7.80. The Bertz CT molecular complexity index is 104. The molecule has 0 bridgehead atoms. The van der Waals surface area contributed by atoms with Crippen molar-refractivity contribution in [1.29, 1.82) is 0 Å². The fourth-order valence-corrected chi connectivity index (χ4v) is 1.13. The first-order chi connectivity index (χ1) is 5.02. The third-order valence-corrected chi connectivity index (χ3v) is 1.60. The molecule has 11 heavy (non-hydrogen) atoms. The van der Waals surface area contributed by atoms with Crippen molar-refractivity contribution in [2.24, 2.45) is 5.73 Å². The number of likely N-dealkylation sites (N-methyl/N-ethyl adjacent to an activating group) is 1. The number of rotatable bonds is 5. The maximum Gasteiger partial charge on any atom is 0.0621 e. The summed E-state index contributed by atoms with van der Waals surface area (Å²) in [6, 6.07) is 0. The van der Waals surface area contributed by atoms with Crippen LogP contribution in [0.25, 0.3) is 0 Å². The SMILES string of the molecule is CCCN(C)CC(C)(N)CO. The van der Waals surface area contributed by atoms with E-state index in [2.05, 4.69) is 11.8 Å². The molecule has 0 fully saturated rings. The molecule has 0 aromatic rings. The van der Waals surface area contributed by atoms with E-state index in [4.69, 9.17) is 10.8 Å². The van der Waals surface area contributed by atoms with Gasteiger partial charge in [-0.1, -0.05) is 6.92 Å². The molecule has 0 spiro atoms. The van der Waals surface area contributed by atoms with Gasteiger partial charge < -0.3 is 15.7 Å². The Balaban J connectivity index is 3.64. The van der Waals surface area contributed by atoms with Crippen molar-refractivity contribution in [3.05, 3.63) is 0 Å². The van der Waals surface area contributed by atoms with E-state index in [0.29, 0.717) is 0 Å². The Kier molecular flexibility index (Phi) is 4.65. The minimum absolute atomic E-state index is 0.0427. The normalized spacial score (nSPS) is 16.9. The Morgan fingerprint density at radius 2 is 2.09 bits per heavy atom. The second kappa shape index (κ2) is 4.70. The molecule has 1 unspecified atom stereocenters. The van der Waals surface area contributed by atoms with Gasteiger partial charge in [0.25, 0.3) is 0 Å². The van der Waals surface area contributed by atoms with E-state index in [1.54, 1.807) is 0 Å². The van der Waals surface area contributed by atoms with Crippen molar-refractivity contribution in [3.8, 4) is 0 Å². The largest absolute Gasteiger partial charge is 0.394 e. The van der Waals surface area contributed by atoms with E-state index >= 15 is 0 Å². The van der Waals surface area contributed by atoms with Crippen LogP contribution < -0.4 is 5.73 Å². The molecule has 1 atom stereocenters.